The van der Waals surface area contributed by atoms with E-state index in [0.717, 1.165) is 18.6 Å². The molecule has 0 radical (unpaired) electrons. The summed E-state index contributed by atoms with van der Waals surface area (Å²) in [6.45, 7) is 0. The summed E-state index contributed by atoms with van der Waals surface area (Å²) in [7, 11) is 0. The Morgan fingerprint density at radius 3 is 2.95 bits per heavy atom. The Balaban J connectivity index is 1.74. The van der Waals surface area contributed by atoms with Crippen LogP contribution in [0.15, 0.2) is 66.3 Å². The summed E-state index contributed by atoms with van der Waals surface area (Å²) >= 11 is 0. The second-order valence-corrected chi connectivity index (χ2v) is 5.25. The molecule has 0 saturated carbocycles. The molecule has 94 valence electrons. The van der Waals surface area contributed by atoms with Gasteiger partial charge in [-0.25, -0.2) is 0 Å². The van der Waals surface area contributed by atoms with Gasteiger partial charge in [0.15, 0.2) is 0 Å². The summed E-state index contributed by atoms with van der Waals surface area (Å²) in [5.74, 6) is 1.37. The Hall–Kier alpha value is -2.02. The van der Waals surface area contributed by atoms with Gasteiger partial charge in [0.1, 0.15) is 11.9 Å². The van der Waals surface area contributed by atoms with Crippen molar-refractivity contribution in [3.63, 3.8) is 0 Å². The molecule has 2 unspecified atom stereocenters. The molecule has 2 atom stereocenters. The van der Waals surface area contributed by atoms with Crippen molar-refractivity contribution in [3.05, 3.63) is 71.9 Å². The van der Waals surface area contributed by atoms with E-state index >= 15 is 0 Å². The molecule has 0 bridgehead atoms. The number of benzene rings is 1. The van der Waals surface area contributed by atoms with Crippen LogP contribution in [0.1, 0.15) is 18.4 Å². The van der Waals surface area contributed by atoms with Gasteiger partial charge in [-0.15, -0.1) is 0 Å². The smallest absolute Gasteiger partial charge is 0.135 e. The zero-order chi connectivity index (χ0) is 12.7. The molecule has 1 nitrogen and oxygen atoms in total. The first kappa shape index (κ1) is 10.9. The number of hydrogen-bond donors (Lipinski definition) is 0. The fraction of sp³-hybridized carbons (Fsp3) is 0.222. The Bertz CT molecular complexity index is 631. The van der Waals surface area contributed by atoms with Gasteiger partial charge in [-0.2, -0.15) is 0 Å². The molecule has 0 spiro atoms. The molecule has 1 aromatic carbocycles. The molecular weight excluding hydrogens is 232 g/mol. The van der Waals surface area contributed by atoms with E-state index in [-0.39, 0.29) is 6.10 Å². The molecule has 0 saturated heterocycles. The van der Waals surface area contributed by atoms with Crippen molar-refractivity contribution in [2.45, 2.75) is 18.9 Å². The van der Waals surface area contributed by atoms with Gasteiger partial charge in [0, 0.05) is 17.1 Å². The van der Waals surface area contributed by atoms with Crippen molar-refractivity contribution in [3.8, 4) is 5.75 Å². The Kier molecular flexibility index (Phi) is 2.44. The minimum atomic E-state index is 0.149. The number of para-hydroxylation sites is 1. The molecule has 1 aliphatic heterocycles. The Morgan fingerprint density at radius 1 is 1.11 bits per heavy atom. The van der Waals surface area contributed by atoms with Crippen LogP contribution in [-0.4, -0.2) is 6.10 Å². The standard InChI is InChI=1S/C18H16O/c1-2-7-13(8-3-1)14-10-6-11-16-15-9-4-5-12-17(15)19-18(14)16/h2,4-12,14,18H,1,3H2. The molecule has 0 N–H and O–H groups in total. The molecule has 0 aromatic heterocycles. The number of hydrogen-bond acceptors (Lipinski definition) is 1. The zero-order valence-electron chi connectivity index (χ0n) is 10.8. The first-order chi connectivity index (χ1) is 9.43. The van der Waals surface area contributed by atoms with Crippen LogP contribution in [-0.2, 0) is 0 Å². The molecule has 0 amide bonds. The highest BCUT2D eigenvalue weighted by Crippen LogP contribution is 2.44. The largest absolute Gasteiger partial charge is 0.484 e. The predicted molar refractivity (Wildman–Crippen MR) is 77.9 cm³/mol. The SMILES string of the molecule is C1=CC(C2=CCCC=C2)C2Oc3ccccc3C2=C1. The van der Waals surface area contributed by atoms with Gasteiger partial charge in [0.25, 0.3) is 0 Å². The van der Waals surface area contributed by atoms with Crippen LogP contribution in [0.5, 0.6) is 5.75 Å². The maximum atomic E-state index is 6.18. The third-order valence-corrected chi connectivity index (χ3v) is 4.09. The molecule has 3 aliphatic rings. The molecule has 2 aliphatic carbocycles. The van der Waals surface area contributed by atoms with Crippen molar-refractivity contribution in [1.29, 1.82) is 0 Å². The van der Waals surface area contributed by atoms with E-state index in [0.29, 0.717) is 5.92 Å². The molecule has 1 heteroatoms. The van der Waals surface area contributed by atoms with Crippen molar-refractivity contribution in [2.24, 2.45) is 5.92 Å². The van der Waals surface area contributed by atoms with Crippen LogP contribution in [0.4, 0.5) is 0 Å². The highest BCUT2D eigenvalue weighted by Gasteiger charge is 2.36. The van der Waals surface area contributed by atoms with Gasteiger partial charge in [-0.05, 0) is 24.5 Å². The van der Waals surface area contributed by atoms with E-state index in [1.54, 1.807) is 0 Å². The topological polar surface area (TPSA) is 9.23 Å². The predicted octanol–water partition coefficient (Wildman–Crippen LogP) is 4.29. The van der Waals surface area contributed by atoms with Crippen molar-refractivity contribution >= 4 is 5.57 Å². The van der Waals surface area contributed by atoms with Gasteiger partial charge in [0.05, 0.1) is 0 Å². The summed E-state index contributed by atoms with van der Waals surface area (Å²) < 4.78 is 6.18. The number of fused-ring (bicyclic) bond motifs is 3. The molecule has 19 heavy (non-hydrogen) atoms. The second-order valence-electron chi connectivity index (χ2n) is 5.25. The zero-order valence-corrected chi connectivity index (χ0v) is 10.8. The van der Waals surface area contributed by atoms with Gasteiger partial charge in [-0.1, -0.05) is 54.7 Å². The van der Waals surface area contributed by atoms with Crippen molar-refractivity contribution in [2.75, 3.05) is 0 Å². The van der Waals surface area contributed by atoms with Crippen LogP contribution in [0, 0.1) is 5.92 Å². The lowest BCUT2D eigenvalue weighted by molar-refractivity contribution is 0.244. The highest BCUT2D eigenvalue weighted by atomic mass is 16.5. The minimum absolute atomic E-state index is 0.149. The van der Waals surface area contributed by atoms with Gasteiger partial charge < -0.3 is 4.74 Å². The maximum absolute atomic E-state index is 6.18. The van der Waals surface area contributed by atoms with Crippen LogP contribution >= 0.6 is 0 Å². The lowest BCUT2D eigenvalue weighted by atomic mass is 9.82. The summed E-state index contributed by atoms with van der Waals surface area (Å²) in [5, 5.41) is 0. The first-order valence-corrected chi connectivity index (χ1v) is 6.94. The fourth-order valence-corrected chi connectivity index (χ4v) is 3.16. The molecule has 0 fully saturated rings. The first-order valence-electron chi connectivity index (χ1n) is 6.94. The second kappa shape index (κ2) is 4.27. The summed E-state index contributed by atoms with van der Waals surface area (Å²) in [5.41, 5.74) is 3.97. The quantitative estimate of drug-likeness (QED) is 0.720. The lowest BCUT2D eigenvalue weighted by Gasteiger charge is -2.26. The third-order valence-electron chi connectivity index (χ3n) is 4.09. The molecule has 1 aromatic rings. The third kappa shape index (κ3) is 1.69. The normalized spacial score (nSPS) is 27.2. The van der Waals surface area contributed by atoms with E-state index in [2.05, 4.69) is 54.7 Å². The van der Waals surface area contributed by atoms with Crippen molar-refractivity contribution < 1.29 is 4.74 Å². The van der Waals surface area contributed by atoms with E-state index in [9.17, 15) is 0 Å². The van der Waals surface area contributed by atoms with Crippen LogP contribution in [0.25, 0.3) is 5.57 Å². The Morgan fingerprint density at radius 2 is 2.05 bits per heavy atom. The van der Waals surface area contributed by atoms with Crippen LogP contribution in [0.3, 0.4) is 0 Å². The lowest BCUT2D eigenvalue weighted by Crippen LogP contribution is -2.26. The van der Waals surface area contributed by atoms with E-state index < -0.39 is 0 Å². The van der Waals surface area contributed by atoms with Gasteiger partial charge >= 0.3 is 0 Å². The average Bonchev–Trinajstić information content (AvgIpc) is 2.87. The molecule has 1 heterocycles. The number of rotatable bonds is 1. The van der Waals surface area contributed by atoms with Gasteiger partial charge in [-0.3, -0.25) is 0 Å². The average molecular weight is 248 g/mol. The number of ether oxygens (including phenoxy) is 1. The van der Waals surface area contributed by atoms with E-state index in [1.165, 1.54) is 16.7 Å². The molecular formula is C18H16O. The van der Waals surface area contributed by atoms with Crippen molar-refractivity contribution in [1.82, 2.24) is 0 Å². The highest BCUT2D eigenvalue weighted by molar-refractivity contribution is 5.80. The fourth-order valence-electron chi connectivity index (χ4n) is 3.16. The van der Waals surface area contributed by atoms with E-state index in [4.69, 9.17) is 4.74 Å². The molecule has 4 rings (SSSR count). The Labute approximate surface area is 113 Å². The minimum Gasteiger partial charge on any atom is -0.484 e. The monoisotopic (exact) mass is 248 g/mol. The summed E-state index contributed by atoms with van der Waals surface area (Å²) in [4.78, 5) is 0. The van der Waals surface area contributed by atoms with Crippen LogP contribution < -0.4 is 4.74 Å². The number of allylic oxidation sites excluding steroid dienone is 5. The van der Waals surface area contributed by atoms with Crippen LogP contribution in [0.2, 0.25) is 0 Å². The summed E-state index contributed by atoms with van der Waals surface area (Å²) in [6, 6.07) is 8.34. The van der Waals surface area contributed by atoms with E-state index in [1.807, 2.05) is 6.07 Å². The summed E-state index contributed by atoms with van der Waals surface area (Å²) in [6.07, 6.45) is 16.0. The van der Waals surface area contributed by atoms with Gasteiger partial charge in [0.2, 0.25) is 0 Å². The maximum Gasteiger partial charge on any atom is 0.135 e.